The van der Waals surface area contributed by atoms with Gasteiger partial charge in [0, 0.05) is 11.8 Å². The highest BCUT2D eigenvalue weighted by atomic mass is 32.2. The number of nitrogens with one attached hydrogen (secondary N) is 1. The topological polar surface area (TPSA) is 168 Å². The monoisotopic (exact) mass is 611 g/mol. The van der Waals surface area contributed by atoms with Gasteiger partial charge in [-0.3, -0.25) is 13.9 Å². The molecule has 14 heteroatoms. The minimum Gasteiger partial charge on any atom is -0.460 e. The normalized spacial score (nSPS) is 20.6. The van der Waals surface area contributed by atoms with Crippen LogP contribution in [0.15, 0.2) is 83.9 Å². The van der Waals surface area contributed by atoms with E-state index in [9.17, 15) is 19.3 Å². The van der Waals surface area contributed by atoms with E-state index in [1.807, 2.05) is 60.7 Å². The first kappa shape index (κ1) is 29.7. The Kier molecular flexibility index (Phi) is 9.24. The Bertz CT molecular complexity index is 1650. The van der Waals surface area contributed by atoms with Crippen LogP contribution in [0.5, 0.6) is 5.75 Å². The summed E-state index contributed by atoms with van der Waals surface area (Å²) in [5.74, 6) is -0.507. The lowest BCUT2D eigenvalue weighted by atomic mass is 10.1. The number of aliphatic hydroxyl groups is 1. The smallest absolute Gasteiger partial charge is 0.459 e. The van der Waals surface area contributed by atoms with Crippen LogP contribution in [0.2, 0.25) is 0 Å². The van der Waals surface area contributed by atoms with E-state index in [4.69, 9.17) is 19.5 Å². The van der Waals surface area contributed by atoms with Crippen LogP contribution in [0, 0.1) is 0 Å². The molecule has 4 aromatic rings. The molecule has 4 N–H and O–H groups in total. The largest absolute Gasteiger partial charge is 0.460 e. The Morgan fingerprint density at radius 3 is 2.69 bits per heavy atom. The van der Waals surface area contributed by atoms with Crippen LogP contribution in [0.3, 0.4) is 0 Å². The number of nitrogens with zero attached hydrogens (tertiary/aromatic N) is 3. The van der Waals surface area contributed by atoms with E-state index in [-0.39, 0.29) is 31.3 Å². The Morgan fingerprint density at radius 1 is 1.17 bits per heavy atom. The van der Waals surface area contributed by atoms with Crippen LogP contribution in [0.1, 0.15) is 24.3 Å². The van der Waals surface area contributed by atoms with Gasteiger partial charge in [0.05, 0.1) is 23.3 Å². The molecule has 5 atom stereocenters. The summed E-state index contributed by atoms with van der Waals surface area (Å²) in [5, 5.41) is 13.9. The number of nitrogens with two attached hydrogens (primary N) is 1. The molecule has 1 aliphatic rings. The molecule has 12 nitrogen and oxygen atoms in total. The van der Waals surface area contributed by atoms with Gasteiger partial charge in [0.1, 0.15) is 24.7 Å². The van der Waals surface area contributed by atoms with Crippen LogP contribution in [-0.4, -0.2) is 49.6 Å². The van der Waals surface area contributed by atoms with Gasteiger partial charge in [-0.2, -0.15) is 10.1 Å². The maximum atomic E-state index is 14.2. The quantitative estimate of drug-likeness (QED) is 0.167. The molecule has 0 radical (unpaired) electrons. The highest BCUT2D eigenvalue weighted by Crippen LogP contribution is 2.49. The number of aromatic nitrogens is 3. The Morgan fingerprint density at radius 2 is 1.90 bits per heavy atom. The van der Waals surface area contributed by atoms with Crippen molar-refractivity contribution in [1.82, 2.24) is 19.6 Å². The number of benzene rings is 3. The van der Waals surface area contributed by atoms with Crippen LogP contribution in [0.25, 0.3) is 10.8 Å². The predicted octanol–water partition coefficient (Wildman–Crippen LogP) is 3.66. The maximum absolute atomic E-state index is 14.2. The third-order valence-electron chi connectivity index (χ3n) is 6.57. The molecule has 1 fully saturated rings. The third kappa shape index (κ3) is 7.18. The number of ether oxygens (including phenoxy) is 1. The van der Waals surface area contributed by atoms with E-state index in [0.717, 1.165) is 10.9 Å². The number of hydrogen-bond acceptors (Lipinski definition) is 11. The van der Waals surface area contributed by atoms with Crippen molar-refractivity contribution in [3.8, 4) is 5.75 Å². The molecule has 2 heterocycles. The van der Waals surface area contributed by atoms with Gasteiger partial charge in [-0.05, 0) is 23.9 Å². The van der Waals surface area contributed by atoms with Crippen molar-refractivity contribution >= 4 is 42.2 Å². The summed E-state index contributed by atoms with van der Waals surface area (Å²) >= 11 is 1.24. The molecule has 0 saturated carbocycles. The third-order valence-corrected chi connectivity index (χ3v) is 9.73. The first-order chi connectivity index (χ1) is 20.2. The first-order valence-electron chi connectivity index (χ1n) is 13.2. The summed E-state index contributed by atoms with van der Waals surface area (Å²) < 4.78 is 32.7. The number of nitrogen functional groups attached to an aromatic ring is 1. The zero-order chi connectivity index (χ0) is 29.7. The summed E-state index contributed by atoms with van der Waals surface area (Å²) in [6, 6.07) is 20.8. The van der Waals surface area contributed by atoms with Gasteiger partial charge in [-0.1, -0.05) is 66.7 Å². The van der Waals surface area contributed by atoms with Gasteiger partial charge in [0.2, 0.25) is 5.95 Å². The number of rotatable bonds is 11. The van der Waals surface area contributed by atoms with Crippen LogP contribution in [-0.2, 0) is 25.2 Å². The maximum Gasteiger partial charge on any atom is 0.459 e. The summed E-state index contributed by atoms with van der Waals surface area (Å²) in [4.78, 5) is 32.6. The number of carbonyl (C=O) groups excluding carboxylic acids is 1. The van der Waals surface area contributed by atoms with Crippen LogP contribution >= 0.6 is 19.5 Å². The molecule has 1 aliphatic heterocycles. The second kappa shape index (κ2) is 13.1. The lowest BCUT2D eigenvalue weighted by Crippen LogP contribution is -2.36. The Hall–Kier alpha value is -3.74. The number of aliphatic hydroxyl groups excluding tert-OH is 1. The van der Waals surface area contributed by atoms with E-state index in [0.29, 0.717) is 5.39 Å². The lowest BCUT2D eigenvalue weighted by molar-refractivity contribution is -0.146. The molecule has 42 heavy (non-hydrogen) atoms. The van der Waals surface area contributed by atoms with E-state index in [1.165, 1.54) is 29.6 Å². The summed E-state index contributed by atoms with van der Waals surface area (Å²) in [7, 11) is -4.22. The second-order valence-electron chi connectivity index (χ2n) is 9.64. The average Bonchev–Trinajstić information content (AvgIpc) is 3.35. The van der Waals surface area contributed by atoms with Crippen molar-refractivity contribution in [2.45, 2.75) is 42.7 Å². The second-order valence-corrected chi connectivity index (χ2v) is 12.8. The fourth-order valence-electron chi connectivity index (χ4n) is 4.40. The minimum atomic E-state index is -4.22. The van der Waals surface area contributed by atoms with Gasteiger partial charge in [0.25, 0.3) is 0 Å². The van der Waals surface area contributed by atoms with Gasteiger partial charge in [0.15, 0.2) is 0 Å². The first-order valence-corrected chi connectivity index (χ1v) is 15.6. The molecule has 2 unspecified atom stereocenters. The van der Waals surface area contributed by atoms with Crippen molar-refractivity contribution in [1.29, 1.82) is 0 Å². The molecular formula is C28H30N5O7PS. The van der Waals surface area contributed by atoms with Gasteiger partial charge in [-0.25, -0.2) is 14.3 Å². The fraction of sp³-hybridized carbons (Fsp3) is 0.286. The molecule has 0 spiro atoms. The SMILES string of the molecule is C[C@H](NP(=O)(OCC1S[C@@H](n2cnc(N)nc2=O)C[C@H]1O)Oc1cccc2ccccc12)C(=O)OCc1ccccc1. The molecule has 0 aliphatic carbocycles. The highest BCUT2D eigenvalue weighted by molar-refractivity contribution is 8.00. The van der Waals surface area contributed by atoms with E-state index in [2.05, 4.69) is 15.1 Å². The number of esters is 1. The Labute approximate surface area is 245 Å². The molecule has 220 valence electrons. The average molecular weight is 612 g/mol. The zero-order valence-electron chi connectivity index (χ0n) is 22.6. The van der Waals surface area contributed by atoms with Gasteiger partial charge in [-0.15, -0.1) is 11.8 Å². The predicted molar refractivity (Wildman–Crippen MR) is 159 cm³/mol. The standard InChI is InChI=1S/C28H30N5O7PS/c1-18(26(35)38-15-19-8-3-2-4-9-19)32-41(37,40-23-13-7-11-20-10-5-6-12-21(20)23)39-16-24-22(34)14-25(42-24)33-17-30-27(29)31-28(33)36/h2-13,17-18,22,24-25,34H,14-16H2,1H3,(H,32,37)(H2,29,31,36)/t18-,22+,24?,25+,41?/m0/s1. The van der Waals surface area contributed by atoms with E-state index >= 15 is 0 Å². The van der Waals surface area contributed by atoms with Crippen LogP contribution in [0.4, 0.5) is 5.95 Å². The molecule has 1 aromatic heterocycles. The fourth-order valence-corrected chi connectivity index (χ4v) is 7.46. The zero-order valence-corrected chi connectivity index (χ0v) is 24.3. The Balaban J connectivity index is 1.32. The van der Waals surface area contributed by atoms with Crippen molar-refractivity contribution in [2.24, 2.45) is 0 Å². The van der Waals surface area contributed by atoms with Crippen molar-refractivity contribution in [2.75, 3.05) is 12.3 Å². The molecule has 3 aromatic carbocycles. The number of anilines is 1. The van der Waals surface area contributed by atoms with E-state index in [1.54, 1.807) is 12.1 Å². The summed E-state index contributed by atoms with van der Waals surface area (Å²) in [5.41, 5.74) is 5.70. The van der Waals surface area contributed by atoms with Crippen molar-refractivity contribution in [3.63, 3.8) is 0 Å². The summed E-state index contributed by atoms with van der Waals surface area (Å²) in [6.07, 6.45) is 0.580. The number of thioether (sulfide) groups is 1. The molecule has 1 saturated heterocycles. The van der Waals surface area contributed by atoms with Crippen LogP contribution < -0.4 is 21.0 Å². The summed E-state index contributed by atoms with van der Waals surface area (Å²) in [6.45, 7) is 1.33. The van der Waals surface area contributed by atoms with Gasteiger partial charge < -0.3 is 20.1 Å². The van der Waals surface area contributed by atoms with E-state index < -0.39 is 42.2 Å². The van der Waals surface area contributed by atoms with Crippen molar-refractivity contribution < 1.29 is 28.3 Å². The number of fused-ring (bicyclic) bond motifs is 1. The number of hydrogen-bond donors (Lipinski definition) is 3. The number of carbonyl (C=O) groups is 1. The molecule has 0 amide bonds. The minimum absolute atomic E-state index is 0.0432. The molecule has 5 rings (SSSR count). The lowest BCUT2D eigenvalue weighted by Gasteiger charge is -2.25. The highest BCUT2D eigenvalue weighted by Gasteiger charge is 2.39. The van der Waals surface area contributed by atoms with Crippen molar-refractivity contribution in [3.05, 3.63) is 95.2 Å². The molecule has 0 bridgehead atoms. The molecular weight excluding hydrogens is 581 g/mol. The van der Waals surface area contributed by atoms with Gasteiger partial charge >= 0.3 is 19.4 Å².